The number of amides is 1. The van der Waals surface area contributed by atoms with Gasteiger partial charge < -0.3 is 20.3 Å². The molecular weight excluding hydrogens is 384 g/mol. The molecule has 10 heteroatoms. The summed E-state index contributed by atoms with van der Waals surface area (Å²) in [5, 5.41) is 19.6. The number of aromatic nitrogens is 4. The third kappa shape index (κ3) is 5.59. The van der Waals surface area contributed by atoms with Crippen LogP contribution in [0, 0.1) is 17.2 Å². The van der Waals surface area contributed by atoms with Crippen LogP contribution in [0.15, 0.2) is 18.6 Å². The Morgan fingerprint density at radius 2 is 2.10 bits per heavy atom. The van der Waals surface area contributed by atoms with Gasteiger partial charge in [0, 0.05) is 26.3 Å². The molecule has 1 aliphatic rings. The Balaban J connectivity index is 1.76. The fourth-order valence-electron chi connectivity index (χ4n) is 3.44. The average molecular weight is 412 g/mol. The molecule has 0 saturated carbocycles. The summed E-state index contributed by atoms with van der Waals surface area (Å²) >= 11 is 0. The van der Waals surface area contributed by atoms with E-state index in [2.05, 4.69) is 43.6 Å². The van der Waals surface area contributed by atoms with Gasteiger partial charge in [0.15, 0.2) is 11.5 Å². The molecule has 1 amide bonds. The van der Waals surface area contributed by atoms with Crippen molar-refractivity contribution >= 4 is 23.4 Å². The molecule has 10 nitrogen and oxygen atoms in total. The van der Waals surface area contributed by atoms with E-state index in [1.54, 1.807) is 23.3 Å². The van der Waals surface area contributed by atoms with E-state index in [1.165, 1.54) is 0 Å². The number of hydrogen-bond acceptors (Lipinski definition) is 8. The number of hydrogen-bond donors (Lipinski definition) is 2. The Morgan fingerprint density at radius 3 is 2.73 bits per heavy atom. The van der Waals surface area contributed by atoms with Crippen LogP contribution in [0.3, 0.4) is 0 Å². The van der Waals surface area contributed by atoms with Gasteiger partial charge in [-0.2, -0.15) is 10.4 Å². The minimum atomic E-state index is -0.546. The summed E-state index contributed by atoms with van der Waals surface area (Å²) in [6.45, 7) is 9.00. The summed E-state index contributed by atoms with van der Waals surface area (Å²) in [5.74, 6) is 1.35. The maximum Gasteiger partial charge on any atom is 0.407 e. The lowest BCUT2D eigenvalue weighted by molar-refractivity contribution is 0.0495. The average Bonchev–Trinajstić information content (AvgIpc) is 3.04. The predicted molar refractivity (Wildman–Crippen MR) is 112 cm³/mol. The van der Waals surface area contributed by atoms with Crippen molar-refractivity contribution in [3.05, 3.63) is 24.3 Å². The van der Waals surface area contributed by atoms with E-state index in [9.17, 15) is 10.1 Å². The first-order chi connectivity index (χ1) is 14.1. The van der Waals surface area contributed by atoms with Gasteiger partial charge in [-0.25, -0.2) is 14.8 Å². The Hall–Kier alpha value is -3.35. The Bertz CT molecular complexity index is 943. The maximum absolute atomic E-state index is 12.2. The zero-order valence-corrected chi connectivity index (χ0v) is 18.0. The lowest BCUT2D eigenvalue weighted by Crippen LogP contribution is -2.51. The van der Waals surface area contributed by atoms with Crippen LogP contribution in [0.5, 0.6) is 0 Å². The van der Waals surface area contributed by atoms with Gasteiger partial charge in [-0.15, -0.1) is 0 Å². The number of nitriles is 1. The Kier molecular flexibility index (Phi) is 6.10. The highest BCUT2D eigenvalue weighted by Gasteiger charge is 2.29. The molecule has 1 aliphatic heterocycles. The van der Waals surface area contributed by atoms with Gasteiger partial charge >= 0.3 is 6.09 Å². The summed E-state index contributed by atoms with van der Waals surface area (Å²) in [7, 11) is 1.81. The first-order valence-electron chi connectivity index (χ1n) is 9.90. The molecule has 2 atom stereocenters. The normalized spacial score (nSPS) is 19.1. The SMILES string of the molecule is CC1CC(NC(=O)OC(C)(C)C)CN(c2cnc(C#N)c(Nc3cnn(C)c3)n2)C1. The number of piperidine rings is 1. The van der Waals surface area contributed by atoms with Crippen LogP contribution in [-0.2, 0) is 11.8 Å². The van der Waals surface area contributed by atoms with E-state index in [1.807, 2.05) is 27.8 Å². The molecule has 3 heterocycles. The van der Waals surface area contributed by atoms with Crippen molar-refractivity contribution in [2.24, 2.45) is 13.0 Å². The van der Waals surface area contributed by atoms with Crippen LogP contribution < -0.4 is 15.5 Å². The maximum atomic E-state index is 12.2. The number of rotatable bonds is 4. The van der Waals surface area contributed by atoms with Gasteiger partial charge in [-0.05, 0) is 33.1 Å². The lowest BCUT2D eigenvalue weighted by atomic mass is 9.96. The van der Waals surface area contributed by atoms with Crippen molar-refractivity contribution in [3.8, 4) is 6.07 Å². The molecule has 2 unspecified atom stereocenters. The molecule has 0 aliphatic carbocycles. The third-order valence-electron chi connectivity index (χ3n) is 4.54. The van der Waals surface area contributed by atoms with Crippen LogP contribution >= 0.6 is 0 Å². The molecular formula is C20H28N8O2. The zero-order chi connectivity index (χ0) is 21.9. The lowest BCUT2D eigenvalue weighted by Gasteiger charge is -2.37. The summed E-state index contributed by atoms with van der Waals surface area (Å²) in [4.78, 5) is 23.1. The van der Waals surface area contributed by atoms with E-state index in [4.69, 9.17) is 4.74 Å². The molecule has 1 saturated heterocycles. The van der Waals surface area contributed by atoms with Crippen LogP contribution in [0.4, 0.5) is 22.1 Å². The monoisotopic (exact) mass is 412 g/mol. The highest BCUT2D eigenvalue weighted by Crippen LogP contribution is 2.25. The minimum absolute atomic E-state index is 0.0734. The quantitative estimate of drug-likeness (QED) is 0.786. The molecule has 2 N–H and O–H groups in total. The van der Waals surface area contributed by atoms with Gasteiger partial charge in [-0.1, -0.05) is 6.92 Å². The summed E-state index contributed by atoms with van der Waals surface area (Å²) < 4.78 is 7.04. The van der Waals surface area contributed by atoms with Gasteiger partial charge in [0.1, 0.15) is 17.5 Å². The molecule has 30 heavy (non-hydrogen) atoms. The Morgan fingerprint density at radius 1 is 1.33 bits per heavy atom. The summed E-state index contributed by atoms with van der Waals surface area (Å²) in [6, 6.07) is 1.99. The van der Waals surface area contributed by atoms with Crippen LogP contribution in [0.1, 0.15) is 39.8 Å². The zero-order valence-electron chi connectivity index (χ0n) is 18.0. The standard InChI is InChI=1S/C20H28N8O2/c1-13-6-14(25-19(29)30-20(2,3)4)12-28(10-13)17-9-22-16(7-21)18(26-17)24-15-8-23-27(5)11-15/h8-9,11,13-14H,6,10,12H2,1-5H3,(H,24,26)(H,25,29). The van der Waals surface area contributed by atoms with E-state index >= 15 is 0 Å². The number of carbonyl (C=O) groups is 1. The number of ether oxygens (including phenoxy) is 1. The topological polar surface area (TPSA) is 121 Å². The fourth-order valence-corrected chi connectivity index (χ4v) is 3.44. The van der Waals surface area contributed by atoms with Crippen LogP contribution in [0.25, 0.3) is 0 Å². The summed E-state index contributed by atoms with van der Waals surface area (Å²) in [6.07, 6.45) is 5.46. The summed E-state index contributed by atoms with van der Waals surface area (Å²) in [5.41, 5.74) is 0.378. The van der Waals surface area contributed by atoms with Crippen molar-refractivity contribution in [2.45, 2.75) is 45.8 Å². The number of alkyl carbamates (subject to hydrolysis) is 1. The smallest absolute Gasteiger partial charge is 0.407 e. The molecule has 0 bridgehead atoms. The molecule has 0 aromatic carbocycles. The number of anilines is 3. The van der Waals surface area contributed by atoms with E-state index < -0.39 is 11.7 Å². The Labute approximate surface area is 176 Å². The predicted octanol–water partition coefficient (Wildman–Crippen LogP) is 2.56. The molecule has 1 fully saturated rings. The molecule has 0 radical (unpaired) electrons. The number of aryl methyl sites for hydroxylation is 1. The van der Waals surface area contributed by atoms with Gasteiger partial charge in [0.2, 0.25) is 0 Å². The minimum Gasteiger partial charge on any atom is -0.444 e. The third-order valence-corrected chi connectivity index (χ3v) is 4.54. The van der Waals surface area contributed by atoms with E-state index in [-0.39, 0.29) is 11.7 Å². The van der Waals surface area contributed by atoms with Crippen molar-refractivity contribution in [2.75, 3.05) is 23.3 Å². The van der Waals surface area contributed by atoms with Crippen molar-refractivity contribution in [3.63, 3.8) is 0 Å². The molecule has 160 valence electrons. The van der Waals surface area contributed by atoms with Gasteiger partial charge in [0.25, 0.3) is 0 Å². The van der Waals surface area contributed by atoms with E-state index in [0.29, 0.717) is 24.1 Å². The van der Waals surface area contributed by atoms with E-state index in [0.717, 1.165) is 18.7 Å². The van der Waals surface area contributed by atoms with Crippen molar-refractivity contribution in [1.82, 2.24) is 25.1 Å². The molecule has 0 spiro atoms. The fraction of sp³-hybridized carbons (Fsp3) is 0.550. The second kappa shape index (κ2) is 8.57. The highest BCUT2D eigenvalue weighted by atomic mass is 16.6. The largest absolute Gasteiger partial charge is 0.444 e. The van der Waals surface area contributed by atoms with Gasteiger partial charge in [-0.3, -0.25) is 4.68 Å². The highest BCUT2D eigenvalue weighted by molar-refractivity contribution is 5.68. The first kappa shape index (κ1) is 21.4. The number of nitrogens with one attached hydrogen (secondary N) is 2. The van der Waals surface area contributed by atoms with Gasteiger partial charge in [0.05, 0.1) is 24.1 Å². The van der Waals surface area contributed by atoms with Crippen molar-refractivity contribution in [1.29, 1.82) is 5.26 Å². The number of carbonyl (C=O) groups excluding carboxylic acids is 1. The molecule has 2 aromatic rings. The number of nitrogens with zero attached hydrogens (tertiary/aromatic N) is 6. The first-order valence-corrected chi connectivity index (χ1v) is 9.90. The molecule has 3 rings (SSSR count). The second-order valence-corrected chi connectivity index (χ2v) is 8.65. The van der Waals surface area contributed by atoms with Crippen LogP contribution in [-0.4, -0.2) is 50.6 Å². The molecule has 2 aromatic heterocycles. The van der Waals surface area contributed by atoms with Crippen LogP contribution in [0.2, 0.25) is 0 Å². The second-order valence-electron chi connectivity index (χ2n) is 8.65. The van der Waals surface area contributed by atoms with Crippen molar-refractivity contribution < 1.29 is 9.53 Å².